The number of benzene rings is 2. The first-order valence-corrected chi connectivity index (χ1v) is 6.37. The fourth-order valence-corrected chi connectivity index (χ4v) is 2.04. The summed E-state index contributed by atoms with van der Waals surface area (Å²) in [5.74, 6) is -0.154. The molecule has 0 saturated heterocycles. The van der Waals surface area contributed by atoms with Gasteiger partial charge in [-0.15, -0.1) is 0 Å². The number of ketones is 1. The summed E-state index contributed by atoms with van der Waals surface area (Å²) < 4.78 is 0. The van der Waals surface area contributed by atoms with Crippen LogP contribution >= 0.6 is 11.6 Å². The van der Waals surface area contributed by atoms with Crippen LogP contribution in [0, 0.1) is 17.0 Å². The molecule has 0 unspecified atom stereocenters. The Balaban J connectivity index is 2.25. The maximum atomic E-state index is 12.2. The molecule has 0 saturated carbocycles. The second kappa shape index (κ2) is 5.84. The number of rotatable bonds is 4. The van der Waals surface area contributed by atoms with Crippen molar-refractivity contribution in [2.75, 3.05) is 0 Å². The molecule has 4 nitrogen and oxygen atoms in total. The zero-order chi connectivity index (χ0) is 14.7. The normalized spacial score (nSPS) is 10.3. The van der Waals surface area contributed by atoms with Crippen molar-refractivity contribution in [3.63, 3.8) is 0 Å². The molecule has 0 fully saturated rings. The summed E-state index contributed by atoms with van der Waals surface area (Å²) in [5.41, 5.74) is 1.80. The van der Waals surface area contributed by atoms with E-state index in [0.717, 1.165) is 5.56 Å². The zero-order valence-electron chi connectivity index (χ0n) is 10.8. The largest absolute Gasteiger partial charge is 0.294 e. The van der Waals surface area contributed by atoms with Crippen LogP contribution in [0.4, 0.5) is 5.69 Å². The number of hydrogen-bond acceptors (Lipinski definition) is 3. The molecule has 2 rings (SSSR count). The lowest BCUT2D eigenvalue weighted by Gasteiger charge is -2.03. The summed E-state index contributed by atoms with van der Waals surface area (Å²) in [6.45, 7) is 1.73. The number of carbonyl (C=O) groups is 1. The van der Waals surface area contributed by atoms with Gasteiger partial charge in [0, 0.05) is 29.1 Å². The molecular weight excluding hydrogens is 278 g/mol. The minimum Gasteiger partial charge on any atom is -0.294 e. The Bertz CT molecular complexity index is 665. The highest BCUT2D eigenvalue weighted by Crippen LogP contribution is 2.19. The predicted octanol–water partition coefficient (Wildman–Crippen LogP) is 3.98. The lowest BCUT2D eigenvalue weighted by molar-refractivity contribution is -0.384. The molecule has 0 radical (unpaired) electrons. The first-order chi connectivity index (χ1) is 9.45. The summed E-state index contributed by atoms with van der Waals surface area (Å²) in [6, 6.07) is 11.4. The zero-order valence-corrected chi connectivity index (χ0v) is 11.6. The van der Waals surface area contributed by atoms with Gasteiger partial charge in [0.05, 0.1) is 4.92 Å². The average Bonchev–Trinajstić information content (AvgIpc) is 2.40. The van der Waals surface area contributed by atoms with Crippen LogP contribution < -0.4 is 0 Å². The summed E-state index contributed by atoms with van der Waals surface area (Å²) in [6.07, 6.45) is 0.192. The van der Waals surface area contributed by atoms with Crippen LogP contribution in [-0.4, -0.2) is 10.7 Å². The Morgan fingerprint density at radius 3 is 2.45 bits per heavy atom. The number of hydrogen-bond donors (Lipinski definition) is 0. The molecule has 2 aromatic carbocycles. The van der Waals surface area contributed by atoms with Crippen LogP contribution in [0.5, 0.6) is 0 Å². The first kappa shape index (κ1) is 14.2. The highest BCUT2D eigenvalue weighted by Gasteiger charge is 2.13. The highest BCUT2D eigenvalue weighted by molar-refractivity contribution is 6.30. The van der Waals surface area contributed by atoms with Crippen molar-refractivity contribution in [3.8, 4) is 0 Å². The average molecular weight is 290 g/mol. The third kappa shape index (κ3) is 3.42. The van der Waals surface area contributed by atoms with E-state index in [0.29, 0.717) is 16.1 Å². The number of Topliss-reactive ketones (excluding diaryl/α,β-unsaturated/α-hetero) is 1. The summed E-state index contributed by atoms with van der Waals surface area (Å²) in [5, 5.41) is 11.4. The van der Waals surface area contributed by atoms with E-state index in [1.54, 1.807) is 37.3 Å². The molecule has 0 atom stereocenters. The molecule has 0 spiro atoms. The van der Waals surface area contributed by atoms with Gasteiger partial charge in [-0.05, 0) is 36.2 Å². The Morgan fingerprint density at radius 2 is 1.85 bits per heavy atom. The van der Waals surface area contributed by atoms with E-state index >= 15 is 0 Å². The van der Waals surface area contributed by atoms with Gasteiger partial charge < -0.3 is 0 Å². The van der Waals surface area contributed by atoms with Gasteiger partial charge in [-0.3, -0.25) is 14.9 Å². The van der Waals surface area contributed by atoms with E-state index in [2.05, 4.69) is 0 Å². The van der Waals surface area contributed by atoms with Gasteiger partial charge in [0.15, 0.2) is 5.78 Å². The number of nitrogens with zero attached hydrogens (tertiary/aromatic N) is 1. The van der Waals surface area contributed by atoms with E-state index in [1.165, 1.54) is 12.1 Å². The monoisotopic (exact) mass is 289 g/mol. The van der Waals surface area contributed by atoms with Crippen LogP contribution in [0.2, 0.25) is 5.02 Å². The summed E-state index contributed by atoms with van der Waals surface area (Å²) >= 11 is 5.78. The van der Waals surface area contributed by atoms with Crippen molar-refractivity contribution < 1.29 is 9.72 Å². The quantitative estimate of drug-likeness (QED) is 0.486. The molecule has 0 aromatic heterocycles. The van der Waals surface area contributed by atoms with E-state index in [9.17, 15) is 14.9 Å². The van der Waals surface area contributed by atoms with Crippen LogP contribution in [0.25, 0.3) is 0 Å². The van der Waals surface area contributed by atoms with E-state index in [1.807, 2.05) is 0 Å². The summed E-state index contributed by atoms with van der Waals surface area (Å²) in [7, 11) is 0. The fraction of sp³-hybridized carbons (Fsp3) is 0.133. The van der Waals surface area contributed by atoms with Gasteiger partial charge in [-0.25, -0.2) is 0 Å². The van der Waals surface area contributed by atoms with Gasteiger partial charge >= 0.3 is 0 Å². The lowest BCUT2D eigenvalue weighted by atomic mass is 10.0. The lowest BCUT2D eigenvalue weighted by Crippen LogP contribution is -2.04. The van der Waals surface area contributed by atoms with Gasteiger partial charge in [-0.1, -0.05) is 23.7 Å². The second-order valence-corrected chi connectivity index (χ2v) is 4.98. The van der Waals surface area contributed by atoms with Crippen LogP contribution in [0.3, 0.4) is 0 Å². The molecule has 0 aliphatic heterocycles. The van der Waals surface area contributed by atoms with Gasteiger partial charge in [0.25, 0.3) is 5.69 Å². The van der Waals surface area contributed by atoms with Crippen LogP contribution in [0.1, 0.15) is 21.5 Å². The Hall–Kier alpha value is -2.20. The van der Waals surface area contributed by atoms with Crippen LogP contribution in [-0.2, 0) is 6.42 Å². The van der Waals surface area contributed by atoms with Crippen LogP contribution in [0.15, 0.2) is 42.5 Å². The van der Waals surface area contributed by atoms with Gasteiger partial charge in [-0.2, -0.15) is 0 Å². The van der Waals surface area contributed by atoms with Crippen molar-refractivity contribution in [2.24, 2.45) is 0 Å². The second-order valence-electron chi connectivity index (χ2n) is 4.54. The summed E-state index contributed by atoms with van der Waals surface area (Å²) in [4.78, 5) is 22.5. The highest BCUT2D eigenvalue weighted by atomic mass is 35.5. The smallest absolute Gasteiger partial charge is 0.270 e. The maximum absolute atomic E-state index is 12.2. The third-order valence-electron chi connectivity index (χ3n) is 2.87. The predicted molar refractivity (Wildman–Crippen MR) is 77.3 cm³/mol. The topological polar surface area (TPSA) is 60.2 Å². The van der Waals surface area contributed by atoms with Crippen molar-refractivity contribution in [3.05, 3.63) is 74.3 Å². The van der Waals surface area contributed by atoms with E-state index in [4.69, 9.17) is 11.6 Å². The minimum absolute atomic E-state index is 0.0653. The Kier molecular flexibility index (Phi) is 4.15. The van der Waals surface area contributed by atoms with Gasteiger partial charge in [0.2, 0.25) is 0 Å². The molecule has 5 heteroatoms. The van der Waals surface area contributed by atoms with E-state index in [-0.39, 0.29) is 17.9 Å². The number of aryl methyl sites for hydroxylation is 1. The van der Waals surface area contributed by atoms with Crippen molar-refractivity contribution in [2.45, 2.75) is 13.3 Å². The Morgan fingerprint density at radius 1 is 1.20 bits per heavy atom. The standard InChI is InChI=1S/C15H12ClNO3/c1-10-6-12(9-14(7-10)17(19)20)15(18)8-11-2-4-13(16)5-3-11/h2-7,9H,8H2,1H3. The molecule has 0 heterocycles. The van der Waals surface area contributed by atoms with Crippen molar-refractivity contribution in [1.29, 1.82) is 0 Å². The molecule has 0 bridgehead atoms. The molecule has 102 valence electrons. The first-order valence-electron chi connectivity index (χ1n) is 5.99. The minimum atomic E-state index is -0.494. The van der Waals surface area contributed by atoms with E-state index < -0.39 is 4.92 Å². The molecule has 20 heavy (non-hydrogen) atoms. The van der Waals surface area contributed by atoms with Crippen molar-refractivity contribution >= 4 is 23.1 Å². The molecule has 2 aromatic rings. The van der Waals surface area contributed by atoms with Gasteiger partial charge in [0.1, 0.15) is 0 Å². The Labute approximate surface area is 121 Å². The molecular formula is C15H12ClNO3. The molecule has 0 amide bonds. The number of halogens is 1. The number of non-ortho nitro benzene ring substituents is 1. The molecule has 0 aliphatic rings. The molecule has 0 aliphatic carbocycles. The fourth-order valence-electron chi connectivity index (χ4n) is 1.92. The maximum Gasteiger partial charge on any atom is 0.270 e. The number of nitro benzene ring substituents is 1. The number of nitro groups is 1. The number of carbonyl (C=O) groups excluding carboxylic acids is 1. The molecule has 0 N–H and O–H groups in total. The van der Waals surface area contributed by atoms with Crippen molar-refractivity contribution in [1.82, 2.24) is 0 Å². The third-order valence-corrected chi connectivity index (χ3v) is 3.12. The SMILES string of the molecule is Cc1cc(C(=O)Cc2ccc(Cl)cc2)cc([N+](=O)[O-])c1.